The van der Waals surface area contributed by atoms with E-state index >= 15 is 0 Å². The summed E-state index contributed by atoms with van der Waals surface area (Å²) in [6.07, 6.45) is 0. The van der Waals surface area contributed by atoms with Crippen molar-refractivity contribution in [1.82, 2.24) is 0 Å². The fourth-order valence-electron chi connectivity index (χ4n) is 1.99. The van der Waals surface area contributed by atoms with E-state index in [0.29, 0.717) is 0 Å². The first kappa shape index (κ1) is 37.3. The van der Waals surface area contributed by atoms with E-state index in [1.807, 2.05) is 13.8 Å². The van der Waals surface area contributed by atoms with Gasteiger partial charge in [0.05, 0.1) is 0 Å². The Balaban J connectivity index is -0.000000108. The van der Waals surface area contributed by atoms with Crippen molar-refractivity contribution < 1.29 is 32.0 Å². The number of rotatable bonds is 0. The third-order valence-corrected chi connectivity index (χ3v) is 1.99. The van der Waals surface area contributed by atoms with Crippen LogP contribution in [0.4, 0.5) is 0 Å². The van der Waals surface area contributed by atoms with Gasteiger partial charge in [-0.15, -0.1) is 0 Å². The zero-order valence-corrected chi connectivity index (χ0v) is 22.0. The number of hydrogen-bond donors (Lipinski definition) is 0. The Morgan fingerprint density at radius 1 is 0.519 bits per heavy atom. The molecule has 0 N–H and O–H groups in total. The molecule has 0 aromatic rings. The largest absolute Gasteiger partial charge is 2.00 e. The van der Waals surface area contributed by atoms with Crippen LogP contribution in [0.5, 0.6) is 0 Å². The van der Waals surface area contributed by atoms with E-state index in [-0.39, 0.29) is 54.2 Å². The second-order valence-electron chi connectivity index (χ2n) is 10.2. The van der Waals surface area contributed by atoms with Crippen LogP contribution in [0.1, 0.15) is 96.9 Å². The topological polar surface area (TPSA) is 110 Å². The SMILES string of the molecule is CC(=NC(C)(C)C)[N-]C(C)(C)C.CC(=NC(C)(C)C)[N-]C(C)(C)C.[Mo].[O-2].[O-2]. The summed E-state index contributed by atoms with van der Waals surface area (Å²) in [5.74, 6) is 1.77. The van der Waals surface area contributed by atoms with Crippen LogP contribution in [0.3, 0.4) is 0 Å². The molecule has 0 aromatic carbocycles. The minimum absolute atomic E-state index is 0. The van der Waals surface area contributed by atoms with E-state index in [1.54, 1.807) is 0 Å². The molecule has 0 unspecified atom stereocenters. The third-order valence-electron chi connectivity index (χ3n) is 1.99. The van der Waals surface area contributed by atoms with Crippen LogP contribution in [0.25, 0.3) is 10.6 Å². The summed E-state index contributed by atoms with van der Waals surface area (Å²) in [4.78, 5) is 8.89. The van der Waals surface area contributed by atoms with Crippen LogP contribution in [0.15, 0.2) is 9.98 Å². The van der Waals surface area contributed by atoms with Gasteiger partial charge in [-0.3, -0.25) is 0 Å². The van der Waals surface area contributed by atoms with Gasteiger partial charge in [0.2, 0.25) is 0 Å². The van der Waals surface area contributed by atoms with Crippen molar-refractivity contribution >= 4 is 11.7 Å². The molecule has 0 amide bonds. The van der Waals surface area contributed by atoms with Gasteiger partial charge in [-0.1, -0.05) is 94.8 Å². The van der Waals surface area contributed by atoms with Gasteiger partial charge < -0.3 is 31.6 Å². The molecule has 0 aliphatic heterocycles. The number of nitrogens with zero attached hydrogens (tertiary/aromatic N) is 4. The summed E-state index contributed by atoms with van der Waals surface area (Å²) in [6, 6.07) is 0. The number of amidine groups is 2. The molecule has 0 rings (SSSR count). The van der Waals surface area contributed by atoms with Gasteiger partial charge >= 0.3 is 0 Å². The van der Waals surface area contributed by atoms with Gasteiger partial charge in [0, 0.05) is 21.1 Å². The summed E-state index contributed by atoms with van der Waals surface area (Å²) >= 11 is 0. The van der Waals surface area contributed by atoms with Crippen molar-refractivity contribution in [2.24, 2.45) is 9.98 Å². The molecule has 0 atom stereocenters. The van der Waals surface area contributed by atoms with E-state index in [1.165, 1.54) is 0 Å². The fourth-order valence-corrected chi connectivity index (χ4v) is 1.99. The molecule has 27 heavy (non-hydrogen) atoms. The molecule has 0 bridgehead atoms. The van der Waals surface area contributed by atoms with Gasteiger partial charge in [-0.2, -0.15) is 0 Å². The van der Waals surface area contributed by atoms with Crippen molar-refractivity contribution in [2.75, 3.05) is 0 Å². The summed E-state index contributed by atoms with van der Waals surface area (Å²) in [5, 5.41) is 8.89. The van der Waals surface area contributed by atoms with E-state index in [2.05, 4.69) is 104 Å². The molecule has 7 heteroatoms. The van der Waals surface area contributed by atoms with E-state index in [4.69, 9.17) is 0 Å². The molecular formula is C20H42MoN4O2-6. The molecule has 0 spiro atoms. The van der Waals surface area contributed by atoms with Crippen molar-refractivity contribution in [2.45, 2.75) is 119 Å². The van der Waals surface area contributed by atoms with E-state index < -0.39 is 0 Å². The van der Waals surface area contributed by atoms with Crippen LogP contribution < -0.4 is 0 Å². The summed E-state index contributed by atoms with van der Waals surface area (Å²) in [5.41, 5.74) is -0.0602. The van der Waals surface area contributed by atoms with Crippen LogP contribution in [0.2, 0.25) is 0 Å². The Morgan fingerprint density at radius 3 is 0.815 bits per heavy atom. The maximum atomic E-state index is 4.44. The average Bonchev–Trinajstić information content (AvgIpc) is 2.02. The third kappa shape index (κ3) is 37.1. The molecule has 0 saturated heterocycles. The normalized spacial score (nSPS) is 13.1. The Bertz CT molecular complexity index is 393. The molecule has 0 fully saturated rings. The maximum absolute atomic E-state index is 4.44. The second kappa shape index (κ2) is 13.7. The van der Waals surface area contributed by atoms with Gasteiger partial charge in [0.25, 0.3) is 0 Å². The minimum Gasteiger partial charge on any atom is -2.00 e. The zero-order valence-electron chi connectivity index (χ0n) is 20.0. The molecule has 166 valence electrons. The molecule has 0 aliphatic carbocycles. The van der Waals surface area contributed by atoms with E-state index in [0.717, 1.165) is 11.7 Å². The Hall–Kier alpha value is -0.452. The average molecular weight is 467 g/mol. The summed E-state index contributed by atoms with van der Waals surface area (Å²) < 4.78 is 0. The van der Waals surface area contributed by atoms with Crippen LogP contribution >= 0.6 is 0 Å². The van der Waals surface area contributed by atoms with Crippen LogP contribution in [-0.4, -0.2) is 33.8 Å². The quantitative estimate of drug-likeness (QED) is 0.220. The van der Waals surface area contributed by atoms with Crippen molar-refractivity contribution in [3.05, 3.63) is 10.6 Å². The van der Waals surface area contributed by atoms with Gasteiger partial charge in [-0.05, 0) is 36.0 Å². The fraction of sp³-hybridized carbons (Fsp3) is 0.900. The number of hydrogen-bond acceptors (Lipinski definition) is 2. The van der Waals surface area contributed by atoms with Crippen molar-refractivity contribution in [3.8, 4) is 0 Å². The molecule has 0 aliphatic rings. The smallest absolute Gasteiger partial charge is 0 e. The van der Waals surface area contributed by atoms with Crippen molar-refractivity contribution in [1.29, 1.82) is 0 Å². The first-order chi connectivity index (χ1) is 10.2. The van der Waals surface area contributed by atoms with Crippen LogP contribution in [0, 0.1) is 0 Å². The second-order valence-corrected chi connectivity index (χ2v) is 10.2. The molecule has 0 aromatic heterocycles. The van der Waals surface area contributed by atoms with Crippen LogP contribution in [-0.2, 0) is 32.0 Å². The van der Waals surface area contributed by atoms with Gasteiger partial charge in [0.15, 0.2) is 0 Å². The first-order valence-corrected chi connectivity index (χ1v) is 8.79. The van der Waals surface area contributed by atoms with Crippen molar-refractivity contribution in [3.63, 3.8) is 0 Å². The Kier molecular flexibility index (Phi) is 18.9. The maximum Gasteiger partial charge on any atom is 0 e. The monoisotopic (exact) mass is 468 g/mol. The van der Waals surface area contributed by atoms with Gasteiger partial charge in [-0.25, -0.2) is 0 Å². The predicted octanol–water partition coefficient (Wildman–Crippen LogP) is 6.51. The Labute approximate surface area is 183 Å². The predicted molar refractivity (Wildman–Crippen MR) is 113 cm³/mol. The van der Waals surface area contributed by atoms with E-state index in [9.17, 15) is 0 Å². The molecule has 0 heterocycles. The molecule has 6 nitrogen and oxygen atoms in total. The Morgan fingerprint density at radius 2 is 0.704 bits per heavy atom. The summed E-state index contributed by atoms with van der Waals surface area (Å²) in [7, 11) is 0. The number of aliphatic imine (C=N–C) groups is 2. The standard InChI is InChI=1S/2C10H21N2.Mo.2O/c2*1-8(11-9(2,3)4)12-10(5,6)7;;;/h2*1-7H3;;;/q2*-1;;2*-2. The van der Waals surface area contributed by atoms with Gasteiger partial charge in [0.1, 0.15) is 0 Å². The molecular weight excluding hydrogens is 424 g/mol. The molecule has 0 radical (unpaired) electrons. The first-order valence-electron chi connectivity index (χ1n) is 8.79. The summed E-state index contributed by atoms with van der Waals surface area (Å²) in [6.45, 7) is 28.8. The minimum atomic E-state index is -0.0150. The molecule has 0 saturated carbocycles. The zero-order chi connectivity index (χ0) is 20.0.